The monoisotopic (exact) mass is 481 g/mol. The van der Waals surface area contributed by atoms with E-state index in [0.29, 0.717) is 12.2 Å². The summed E-state index contributed by atoms with van der Waals surface area (Å²) in [5, 5.41) is 3.05. The van der Waals surface area contributed by atoms with Gasteiger partial charge in [-0.05, 0) is 46.2 Å². The number of rotatable bonds is 13. The number of H-pyrrole nitrogens is 1. The zero-order valence-electron chi connectivity index (χ0n) is 19.5. The van der Waals surface area contributed by atoms with Crippen molar-refractivity contribution >= 4 is 14.5 Å². The van der Waals surface area contributed by atoms with Gasteiger partial charge in [0.05, 0.1) is 18.8 Å². The minimum absolute atomic E-state index is 0.149. The number of nitrogens with one attached hydrogen (secondary N) is 2. The first-order valence-electron chi connectivity index (χ1n) is 10.8. The van der Waals surface area contributed by atoms with Crippen molar-refractivity contribution in [2.24, 2.45) is 0 Å². The summed E-state index contributed by atoms with van der Waals surface area (Å²) < 4.78 is 24.4. The molecule has 33 heavy (non-hydrogen) atoms. The van der Waals surface area contributed by atoms with Crippen LogP contribution in [0, 0.1) is 0 Å². The molecule has 1 heterocycles. The zero-order valence-corrected chi connectivity index (χ0v) is 20.4. The summed E-state index contributed by atoms with van der Waals surface area (Å²) in [7, 11) is -1.71. The van der Waals surface area contributed by atoms with Gasteiger partial charge >= 0.3 is 20.2 Å². The lowest BCUT2D eigenvalue weighted by Crippen LogP contribution is -2.36. The SMILES string of the molecule is CCC(COP(NC(C)C(=O)OC(C)C)Oc1ccccc1)OC(C)n1ccc(=O)[nH]c1=O. The van der Waals surface area contributed by atoms with E-state index in [-0.39, 0.29) is 18.8 Å². The number of carbonyl (C=O) groups excluding carboxylic acids is 1. The number of benzene rings is 1. The average molecular weight is 481 g/mol. The maximum absolute atomic E-state index is 12.2. The standard InChI is InChI=1S/C22H32N3O7P/c1-6-18(31-17(5)25-13-12-20(26)23-22(25)28)14-29-33(32-19-10-8-7-9-11-19)24-16(4)21(27)30-15(2)3/h7-13,15-18,24H,6,14H2,1-5H3,(H,23,26,28). The number of aromatic amines is 1. The van der Waals surface area contributed by atoms with Crippen LogP contribution in [0.25, 0.3) is 0 Å². The third kappa shape index (κ3) is 9.09. The molecule has 0 aliphatic carbocycles. The Morgan fingerprint density at radius 1 is 1.12 bits per heavy atom. The van der Waals surface area contributed by atoms with Crippen LogP contribution in [-0.2, 0) is 18.8 Å². The molecule has 4 unspecified atom stereocenters. The molecule has 0 aliphatic heterocycles. The molecule has 1 aromatic carbocycles. The van der Waals surface area contributed by atoms with Gasteiger partial charge < -0.3 is 18.5 Å². The van der Waals surface area contributed by atoms with Crippen molar-refractivity contribution in [1.82, 2.24) is 14.6 Å². The topological polar surface area (TPSA) is 121 Å². The molecule has 0 saturated carbocycles. The van der Waals surface area contributed by atoms with Crippen molar-refractivity contribution in [2.45, 2.75) is 65.5 Å². The quantitative estimate of drug-likeness (QED) is 0.331. The van der Waals surface area contributed by atoms with E-state index in [1.807, 2.05) is 25.1 Å². The van der Waals surface area contributed by atoms with E-state index < -0.39 is 38.0 Å². The van der Waals surface area contributed by atoms with Gasteiger partial charge in [-0.25, -0.2) is 9.88 Å². The van der Waals surface area contributed by atoms with Crippen molar-refractivity contribution in [2.75, 3.05) is 6.61 Å². The summed E-state index contributed by atoms with van der Waals surface area (Å²) >= 11 is 0. The van der Waals surface area contributed by atoms with Gasteiger partial charge in [-0.15, -0.1) is 0 Å². The molecule has 182 valence electrons. The molecule has 2 aromatic rings. The van der Waals surface area contributed by atoms with Crippen molar-refractivity contribution in [3.05, 3.63) is 63.4 Å². The minimum atomic E-state index is -1.71. The normalized spacial score (nSPS) is 15.0. The van der Waals surface area contributed by atoms with Crippen LogP contribution in [0.5, 0.6) is 5.75 Å². The van der Waals surface area contributed by atoms with E-state index in [4.69, 9.17) is 18.5 Å². The lowest BCUT2D eigenvalue weighted by atomic mass is 10.3. The third-order valence-electron chi connectivity index (χ3n) is 4.40. The summed E-state index contributed by atoms with van der Waals surface area (Å²) in [6.07, 6.45) is 0.746. The molecule has 1 aromatic heterocycles. The summed E-state index contributed by atoms with van der Waals surface area (Å²) in [5.41, 5.74) is -1.03. The van der Waals surface area contributed by atoms with E-state index in [9.17, 15) is 14.4 Å². The molecule has 2 N–H and O–H groups in total. The van der Waals surface area contributed by atoms with E-state index in [2.05, 4.69) is 10.1 Å². The van der Waals surface area contributed by atoms with Crippen LogP contribution >= 0.6 is 8.53 Å². The van der Waals surface area contributed by atoms with E-state index in [0.717, 1.165) is 0 Å². The number of carbonyl (C=O) groups is 1. The minimum Gasteiger partial charge on any atom is -0.462 e. The lowest BCUT2D eigenvalue weighted by molar-refractivity contribution is -0.149. The van der Waals surface area contributed by atoms with Crippen LogP contribution in [0.3, 0.4) is 0 Å². The fourth-order valence-electron chi connectivity index (χ4n) is 2.67. The van der Waals surface area contributed by atoms with E-state index in [1.165, 1.54) is 16.8 Å². The molecule has 0 saturated heterocycles. The molecule has 2 rings (SSSR count). The fourth-order valence-corrected chi connectivity index (χ4v) is 3.89. The maximum Gasteiger partial charge on any atom is 0.330 e. The van der Waals surface area contributed by atoms with Gasteiger partial charge in [0.25, 0.3) is 5.56 Å². The van der Waals surface area contributed by atoms with Gasteiger partial charge in [0.15, 0.2) is 0 Å². The predicted octanol–water partition coefficient (Wildman–Crippen LogP) is 3.10. The number of para-hydroxylation sites is 1. The largest absolute Gasteiger partial charge is 0.462 e. The first-order valence-corrected chi connectivity index (χ1v) is 12.0. The Morgan fingerprint density at radius 2 is 1.82 bits per heavy atom. The number of hydrogen-bond donors (Lipinski definition) is 2. The molecule has 4 atom stereocenters. The Balaban J connectivity index is 2.04. The Hall–Kier alpha value is -2.52. The summed E-state index contributed by atoms with van der Waals surface area (Å²) in [5.74, 6) is 0.176. The first kappa shape index (κ1) is 26.7. The molecule has 11 heteroatoms. The zero-order chi connectivity index (χ0) is 24.4. The van der Waals surface area contributed by atoms with Crippen molar-refractivity contribution in [1.29, 1.82) is 0 Å². The summed E-state index contributed by atoms with van der Waals surface area (Å²) in [6.45, 7) is 9.01. The second kappa shape index (κ2) is 13.3. The third-order valence-corrected chi connectivity index (χ3v) is 5.76. The highest BCUT2D eigenvalue weighted by atomic mass is 31.2. The number of esters is 1. The molecule has 10 nitrogen and oxygen atoms in total. The fraction of sp³-hybridized carbons (Fsp3) is 0.500. The lowest BCUT2D eigenvalue weighted by Gasteiger charge is -2.26. The van der Waals surface area contributed by atoms with Crippen LogP contribution < -0.4 is 20.9 Å². The van der Waals surface area contributed by atoms with Crippen molar-refractivity contribution < 1.29 is 23.3 Å². The van der Waals surface area contributed by atoms with Gasteiger partial charge in [0.1, 0.15) is 18.0 Å². The second-order valence-electron chi connectivity index (χ2n) is 7.58. The Morgan fingerprint density at radius 3 is 2.42 bits per heavy atom. The van der Waals surface area contributed by atoms with Crippen LogP contribution in [0.1, 0.15) is 47.3 Å². The highest BCUT2D eigenvalue weighted by Crippen LogP contribution is 2.36. The van der Waals surface area contributed by atoms with E-state index >= 15 is 0 Å². The van der Waals surface area contributed by atoms with Crippen LogP contribution in [-0.4, -0.2) is 40.4 Å². The molecular formula is C22H32N3O7P. The molecule has 0 amide bonds. The van der Waals surface area contributed by atoms with Crippen molar-refractivity contribution in [3.8, 4) is 5.75 Å². The maximum atomic E-state index is 12.2. The number of ether oxygens (including phenoxy) is 2. The second-order valence-corrected chi connectivity index (χ2v) is 8.79. The molecule has 0 fully saturated rings. The first-order chi connectivity index (χ1) is 15.7. The number of hydrogen-bond acceptors (Lipinski definition) is 8. The van der Waals surface area contributed by atoms with E-state index in [1.54, 1.807) is 39.8 Å². The van der Waals surface area contributed by atoms with Gasteiger partial charge in [-0.2, -0.15) is 0 Å². The smallest absolute Gasteiger partial charge is 0.330 e. The molecular weight excluding hydrogens is 449 g/mol. The number of nitrogens with zero attached hydrogens (tertiary/aromatic N) is 1. The Kier molecular flexibility index (Phi) is 10.7. The molecule has 0 bridgehead atoms. The Bertz CT molecular complexity index is 980. The van der Waals surface area contributed by atoms with Crippen molar-refractivity contribution in [3.63, 3.8) is 0 Å². The highest BCUT2D eigenvalue weighted by Gasteiger charge is 2.25. The molecule has 0 aliphatic rings. The van der Waals surface area contributed by atoms with Crippen LogP contribution in [0.4, 0.5) is 0 Å². The predicted molar refractivity (Wildman–Crippen MR) is 125 cm³/mol. The summed E-state index contributed by atoms with van der Waals surface area (Å²) in [6, 6.07) is 9.72. The van der Waals surface area contributed by atoms with Gasteiger partial charge in [-0.3, -0.25) is 19.1 Å². The van der Waals surface area contributed by atoms with Gasteiger partial charge in [0.2, 0.25) is 0 Å². The highest BCUT2D eigenvalue weighted by molar-refractivity contribution is 7.45. The van der Waals surface area contributed by atoms with Crippen LogP contribution in [0.15, 0.2) is 52.2 Å². The van der Waals surface area contributed by atoms with Gasteiger partial charge in [0, 0.05) is 12.3 Å². The average Bonchev–Trinajstić information content (AvgIpc) is 2.76. The van der Waals surface area contributed by atoms with Crippen LogP contribution in [0.2, 0.25) is 0 Å². The molecule has 0 spiro atoms. The Labute approximate surface area is 194 Å². The summed E-state index contributed by atoms with van der Waals surface area (Å²) in [4.78, 5) is 37.7. The van der Waals surface area contributed by atoms with Gasteiger partial charge in [-0.1, -0.05) is 25.1 Å². The number of aromatic nitrogens is 2. The molecule has 0 radical (unpaired) electrons.